The van der Waals surface area contributed by atoms with E-state index in [1.54, 1.807) is 0 Å². The van der Waals surface area contributed by atoms with E-state index in [4.69, 9.17) is 10.5 Å². The quantitative estimate of drug-likeness (QED) is 0.826. The molecule has 1 saturated heterocycles. The van der Waals surface area contributed by atoms with Gasteiger partial charge in [0.05, 0.1) is 6.10 Å². The van der Waals surface area contributed by atoms with Gasteiger partial charge in [-0.3, -0.25) is 0 Å². The Hall–Kier alpha value is -0.860. The maximum Gasteiger partial charge on any atom is 0.0975 e. The van der Waals surface area contributed by atoms with Gasteiger partial charge in [0.15, 0.2) is 0 Å². The summed E-state index contributed by atoms with van der Waals surface area (Å²) in [5.41, 5.74) is 8.82. The Labute approximate surface area is 96.8 Å². The van der Waals surface area contributed by atoms with Crippen molar-refractivity contribution in [2.24, 2.45) is 5.73 Å². The van der Waals surface area contributed by atoms with Crippen molar-refractivity contribution in [1.29, 1.82) is 0 Å². The van der Waals surface area contributed by atoms with Gasteiger partial charge < -0.3 is 10.5 Å². The van der Waals surface area contributed by atoms with E-state index >= 15 is 0 Å². The third-order valence-corrected chi connectivity index (χ3v) is 3.68. The Balaban J connectivity index is 1.77. The van der Waals surface area contributed by atoms with E-state index in [0.717, 1.165) is 25.4 Å². The molecule has 2 N–H and O–H groups in total. The van der Waals surface area contributed by atoms with Crippen LogP contribution in [0.15, 0.2) is 24.3 Å². The van der Waals surface area contributed by atoms with Crippen molar-refractivity contribution in [3.05, 3.63) is 35.4 Å². The number of ether oxygens (including phenoxy) is 1. The van der Waals surface area contributed by atoms with Crippen LogP contribution in [0.2, 0.25) is 0 Å². The molecule has 0 radical (unpaired) electrons. The first-order chi connectivity index (χ1) is 7.84. The molecule has 1 aliphatic heterocycles. The van der Waals surface area contributed by atoms with E-state index < -0.39 is 0 Å². The van der Waals surface area contributed by atoms with Crippen LogP contribution in [-0.4, -0.2) is 12.6 Å². The van der Waals surface area contributed by atoms with Gasteiger partial charge in [-0.2, -0.15) is 0 Å². The van der Waals surface area contributed by atoms with Crippen molar-refractivity contribution in [2.75, 3.05) is 6.61 Å². The highest BCUT2D eigenvalue weighted by atomic mass is 16.5. The molecule has 1 aliphatic carbocycles. The van der Waals surface area contributed by atoms with Crippen LogP contribution in [0.25, 0.3) is 0 Å². The molecule has 2 nitrogen and oxygen atoms in total. The van der Waals surface area contributed by atoms with Gasteiger partial charge in [0.25, 0.3) is 0 Å². The molecular weight excluding hydrogens is 198 g/mol. The molecule has 2 atom stereocenters. The highest BCUT2D eigenvalue weighted by Gasteiger charge is 2.26. The van der Waals surface area contributed by atoms with Crippen molar-refractivity contribution in [3.63, 3.8) is 0 Å². The zero-order valence-electron chi connectivity index (χ0n) is 9.56. The van der Waals surface area contributed by atoms with Crippen molar-refractivity contribution in [1.82, 2.24) is 0 Å². The summed E-state index contributed by atoms with van der Waals surface area (Å²) in [5.74, 6) is 0.829. The summed E-state index contributed by atoms with van der Waals surface area (Å²) in [6.45, 7) is 0.850. The Morgan fingerprint density at radius 1 is 1.00 bits per heavy atom. The van der Waals surface area contributed by atoms with Crippen LogP contribution >= 0.6 is 0 Å². The second-order valence-corrected chi connectivity index (χ2v) is 5.04. The van der Waals surface area contributed by atoms with Crippen LogP contribution in [0, 0.1) is 0 Å². The first kappa shape index (κ1) is 10.3. The maximum atomic E-state index is 6.10. The first-order valence-corrected chi connectivity index (χ1v) is 6.31. The van der Waals surface area contributed by atoms with E-state index in [2.05, 4.69) is 24.3 Å². The first-order valence-electron chi connectivity index (χ1n) is 6.31. The molecule has 3 rings (SSSR count). The predicted octanol–water partition coefficient (Wildman–Crippen LogP) is 2.74. The summed E-state index contributed by atoms with van der Waals surface area (Å²) < 4.78 is 5.77. The van der Waals surface area contributed by atoms with Crippen LogP contribution in [0.4, 0.5) is 0 Å². The van der Waals surface area contributed by atoms with Gasteiger partial charge in [0.1, 0.15) is 0 Å². The third kappa shape index (κ3) is 2.00. The summed E-state index contributed by atoms with van der Waals surface area (Å²) in [4.78, 5) is 0. The third-order valence-electron chi connectivity index (χ3n) is 3.68. The number of rotatable bonds is 2. The lowest BCUT2D eigenvalue weighted by molar-refractivity contribution is 0.000139. The number of hydrogen-bond donors (Lipinski definition) is 1. The minimum atomic E-state index is 0.113. The fraction of sp³-hybridized carbons (Fsp3) is 0.571. The van der Waals surface area contributed by atoms with Crippen LogP contribution in [0.3, 0.4) is 0 Å². The SMILES string of the molecule is NC1CCCOC1c1ccc(C2CC2)cc1. The lowest BCUT2D eigenvalue weighted by atomic mass is 9.95. The minimum absolute atomic E-state index is 0.113. The molecule has 0 aromatic heterocycles. The standard InChI is InChI=1S/C14H19NO/c15-13-2-1-9-16-14(13)12-7-5-11(6-8-12)10-3-4-10/h5-8,10,13-14H,1-4,9,15H2. The molecular formula is C14H19NO. The highest BCUT2D eigenvalue weighted by Crippen LogP contribution is 2.40. The summed E-state index contributed by atoms with van der Waals surface area (Å²) in [7, 11) is 0. The molecule has 2 unspecified atom stereocenters. The van der Waals surface area contributed by atoms with E-state index in [9.17, 15) is 0 Å². The summed E-state index contributed by atoms with van der Waals surface area (Å²) in [6, 6.07) is 9.06. The second-order valence-electron chi connectivity index (χ2n) is 5.04. The van der Waals surface area contributed by atoms with Gasteiger partial charge in [0, 0.05) is 12.6 Å². The molecule has 1 saturated carbocycles. The molecule has 2 heteroatoms. The summed E-state index contributed by atoms with van der Waals surface area (Å²) >= 11 is 0. The zero-order valence-corrected chi connectivity index (χ0v) is 9.56. The monoisotopic (exact) mass is 217 g/mol. The van der Waals surface area contributed by atoms with Crippen LogP contribution in [0.1, 0.15) is 48.8 Å². The Kier molecular flexibility index (Phi) is 2.70. The Morgan fingerprint density at radius 3 is 2.31 bits per heavy atom. The van der Waals surface area contributed by atoms with Crippen LogP contribution in [0.5, 0.6) is 0 Å². The summed E-state index contributed by atoms with van der Waals surface area (Å²) in [5, 5.41) is 0. The molecule has 0 amide bonds. The van der Waals surface area contributed by atoms with Crippen LogP contribution in [-0.2, 0) is 4.74 Å². The van der Waals surface area contributed by atoms with Gasteiger partial charge in [0.2, 0.25) is 0 Å². The van der Waals surface area contributed by atoms with Gasteiger partial charge in [-0.25, -0.2) is 0 Å². The lowest BCUT2D eigenvalue weighted by Gasteiger charge is -2.29. The van der Waals surface area contributed by atoms with Crippen molar-refractivity contribution < 1.29 is 4.74 Å². The average Bonchev–Trinajstić information content (AvgIpc) is 3.14. The van der Waals surface area contributed by atoms with E-state index in [1.165, 1.54) is 24.0 Å². The Morgan fingerprint density at radius 2 is 1.69 bits per heavy atom. The van der Waals surface area contributed by atoms with E-state index in [1.807, 2.05) is 0 Å². The number of nitrogens with two attached hydrogens (primary N) is 1. The van der Waals surface area contributed by atoms with Crippen molar-refractivity contribution in [3.8, 4) is 0 Å². The zero-order chi connectivity index (χ0) is 11.0. The predicted molar refractivity (Wildman–Crippen MR) is 64.3 cm³/mol. The van der Waals surface area contributed by atoms with Crippen molar-refractivity contribution in [2.45, 2.75) is 43.7 Å². The van der Waals surface area contributed by atoms with E-state index in [-0.39, 0.29) is 12.1 Å². The molecule has 1 heterocycles. The number of hydrogen-bond acceptors (Lipinski definition) is 2. The molecule has 16 heavy (non-hydrogen) atoms. The fourth-order valence-electron chi connectivity index (χ4n) is 2.52. The van der Waals surface area contributed by atoms with E-state index in [0.29, 0.717) is 0 Å². The van der Waals surface area contributed by atoms with Gasteiger partial charge >= 0.3 is 0 Å². The van der Waals surface area contributed by atoms with Gasteiger partial charge in [-0.1, -0.05) is 24.3 Å². The van der Waals surface area contributed by atoms with Gasteiger partial charge in [-0.05, 0) is 42.7 Å². The molecule has 1 aromatic rings. The highest BCUT2D eigenvalue weighted by molar-refractivity contribution is 5.29. The average molecular weight is 217 g/mol. The Bertz CT molecular complexity index is 356. The summed E-state index contributed by atoms with van der Waals surface area (Å²) in [6.07, 6.45) is 5.01. The second kappa shape index (κ2) is 4.19. The molecule has 0 spiro atoms. The molecule has 0 bridgehead atoms. The molecule has 2 aliphatic rings. The smallest absolute Gasteiger partial charge is 0.0975 e. The largest absolute Gasteiger partial charge is 0.372 e. The topological polar surface area (TPSA) is 35.2 Å². The van der Waals surface area contributed by atoms with Crippen molar-refractivity contribution >= 4 is 0 Å². The van der Waals surface area contributed by atoms with Crippen LogP contribution < -0.4 is 5.73 Å². The lowest BCUT2D eigenvalue weighted by Crippen LogP contribution is -2.34. The van der Waals surface area contributed by atoms with Gasteiger partial charge in [-0.15, -0.1) is 0 Å². The number of benzene rings is 1. The molecule has 1 aromatic carbocycles. The normalized spacial score (nSPS) is 30.3. The molecule has 86 valence electrons. The minimum Gasteiger partial charge on any atom is -0.372 e. The maximum absolute atomic E-state index is 6.10. The molecule has 2 fully saturated rings. The fourth-order valence-corrected chi connectivity index (χ4v) is 2.52.